The fraction of sp³-hybridized carbons (Fsp3) is 1.00. The maximum absolute atomic E-state index is 12.7. The van der Waals surface area contributed by atoms with Crippen LogP contribution in [0.25, 0.3) is 0 Å². The maximum atomic E-state index is 12.7. The maximum Gasteiger partial charge on any atom is 0.154 e. The first kappa shape index (κ1) is 27.6. The highest BCUT2D eigenvalue weighted by molar-refractivity contribution is 4.89. The molecule has 11 heteroatoms. The normalized spacial score (nSPS) is 45.5. The molecule has 0 radical (unpaired) electrons. The molecule has 0 spiro atoms. The Kier molecular flexibility index (Phi) is 12.1. The first-order valence-corrected chi connectivity index (χ1v) is 10.1. The van der Waals surface area contributed by atoms with Crippen molar-refractivity contribution >= 4 is 0 Å². The Morgan fingerprint density at radius 1 is 0.800 bits per heavy atom. The summed E-state index contributed by atoms with van der Waals surface area (Å²) in [5.74, 6) is 0. The van der Waals surface area contributed by atoms with Crippen molar-refractivity contribution in [3.05, 3.63) is 0 Å². The van der Waals surface area contributed by atoms with Crippen LogP contribution in [0.5, 0.6) is 0 Å². The summed E-state index contributed by atoms with van der Waals surface area (Å²) in [5.41, 5.74) is 0. The Hall–Kier alpha value is -0.470. The predicted molar refractivity (Wildman–Crippen MR) is 103 cm³/mol. The van der Waals surface area contributed by atoms with Crippen LogP contribution in [-0.2, 0) is 18.9 Å². The fourth-order valence-electron chi connectivity index (χ4n) is 3.57. The number of hydrogen-bond acceptors (Lipinski definition) is 10. The topological polar surface area (TPSA) is 158 Å². The average Bonchev–Trinajstić information content (AvgIpc) is 3.29. The number of methoxy groups -OCH3 is 1. The van der Waals surface area contributed by atoms with E-state index in [0.717, 1.165) is 0 Å². The Labute approximate surface area is 176 Å². The number of aliphatic hydroxyl groups is 6. The van der Waals surface area contributed by atoms with Crippen LogP contribution in [0.3, 0.4) is 0 Å². The van der Waals surface area contributed by atoms with Gasteiger partial charge >= 0.3 is 0 Å². The van der Waals surface area contributed by atoms with Gasteiger partial charge in [-0.1, -0.05) is 0 Å². The van der Waals surface area contributed by atoms with Crippen LogP contribution >= 0.6 is 0 Å². The van der Waals surface area contributed by atoms with Crippen LogP contribution in [0.4, 0.5) is 4.39 Å². The average molecular weight is 444 g/mol. The lowest BCUT2D eigenvalue weighted by molar-refractivity contribution is -0.0175. The van der Waals surface area contributed by atoms with Gasteiger partial charge in [-0.15, -0.1) is 0 Å². The molecule has 3 unspecified atom stereocenters. The number of halogens is 1. The van der Waals surface area contributed by atoms with Crippen molar-refractivity contribution in [2.75, 3.05) is 26.9 Å². The molecular weight excluding hydrogens is 407 g/mol. The molecule has 11 atom stereocenters. The minimum absolute atomic E-state index is 0.0779. The van der Waals surface area contributed by atoms with Crippen LogP contribution in [0.15, 0.2) is 0 Å². The van der Waals surface area contributed by atoms with E-state index in [1.54, 1.807) is 0 Å². The largest absolute Gasteiger partial charge is 0.394 e. The van der Waals surface area contributed by atoms with Crippen LogP contribution in [0.1, 0.15) is 27.2 Å². The van der Waals surface area contributed by atoms with Crippen molar-refractivity contribution in [2.24, 2.45) is 0 Å². The molecule has 180 valence electrons. The second-order valence-corrected chi connectivity index (χ2v) is 7.72. The van der Waals surface area contributed by atoms with Crippen LogP contribution in [0, 0.1) is 0 Å². The highest BCUT2D eigenvalue weighted by atomic mass is 19.1. The Morgan fingerprint density at radius 3 is 1.53 bits per heavy atom. The quantitative estimate of drug-likeness (QED) is 0.290. The molecule has 3 aliphatic heterocycles. The van der Waals surface area contributed by atoms with Crippen molar-refractivity contribution in [1.29, 1.82) is 0 Å². The summed E-state index contributed by atoms with van der Waals surface area (Å²) in [7, 11) is 1.52. The molecule has 3 fully saturated rings. The lowest BCUT2D eigenvalue weighted by Crippen LogP contribution is -2.34. The van der Waals surface area contributed by atoms with Crippen LogP contribution in [-0.4, -0.2) is 125 Å². The van der Waals surface area contributed by atoms with E-state index in [-0.39, 0.29) is 44.2 Å². The minimum Gasteiger partial charge on any atom is -0.394 e. The Bertz CT molecular complexity index is 473. The van der Waals surface area contributed by atoms with Crippen molar-refractivity contribution in [2.45, 2.75) is 94.4 Å². The Morgan fingerprint density at radius 2 is 1.30 bits per heavy atom. The predicted octanol–water partition coefficient (Wildman–Crippen LogP) is -1.88. The first-order chi connectivity index (χ1) is 14.1. The molecule has 3 saturated heterocycles. The third-order valence-corrected chi connectivity index (χ3v) is 5.34. The summed E-state index contributed by atoms with van der Waals surface area (Å²) in [6, 6.07) is 0. The summed E-state index contributed by atoms with van der Waals surface area (Å²) >= 11 is 0. The van der Waals surface area contributed by atoms with Gasteiger partial charge in [0.2, 0.25) is 0 Å². The van der Waals surface area contributed by atoms with Gasteiger partial charge in [-0.2, -0.15) is 0 Å². The fourth-order valence-corrected chi connectivity index (χ4v) is 3.57. The van der Waals surface area contributed by atoms with E-state index in [1.165, 1.54) is 14.0 Å². The number of ether oxygens (including phenoxy) is 4. The highest BCUT2D eigenvalue weighted by Crippen LogP contribution is 2.23. The van der Waals surface area contributed by atoms with Crippen molar-refractivity contribution in [1.82, 2.24) is 0 Å². The van der Waals surface area contributed by atoms with E-state index in [0.29, 0.717) is 6.42 Å². The van der Waals surface area contributed by atoms with Crippen molar-refractivity contribution in [3.8, 4) is 0 Å². The molecule has 0 amide bonds. The van der Waals surface area contributed by atoms with Crippen molar-refractivity contribution in [3.63, 3.8) is 0 Å². The molecule has 3 rings (SSSR count). The van der Waals surface area contributed by atoms with Gasteiger partial charge in [-0.05, 0) is 20.8 Å². The smallest absolute Gasteiger partial charge is 0.154 e. The molecule has 0 aromatic carbocycles. The molecule has 3 heterocycles. The zero-order valence-corrected chi connectivity index (χ0v) is 17.9. The molecule has 0 saturated carbocycles. The second kappa shape index (κ2) is 13.2. The van der Waals surface area contributed by atoms with E-state index >= 15 is 0 Å². The molecule has 0 aromatic rings. The molecule has 3 aliphatic rings. The number of rotatable bonds is 4. The van der Waals surface area contributed by atoms with Gasteiger partial charge in [0.05, 0.1) is 44.2 Å². The van der Waals surface area contributed by atoms with Crippen molar-refractivity contribution < 1.29 is 54.0 Å². The van der Waals surface area contributed by atoms with Gasteiger partial charge in [-0.3, -0.25) is 0 Å². The van der Waals surface area contributed by atoms with E-state index in [1.807, 2.05) is 13.8 Å². The molecule has 0 aliphatic carbocycles. The summed E-state index contributed by atoms with van der Waals surface area (Å²) in [6.45, 7) is 4.66. The first-order valence-electron chi connectivity index (χ1n) is 10.1. The second-order valence-electron chi connectivity index (χ2n) is 7.72. The lowest BCUT2D eigenvalue weighted by Gasteiger charge is -2.14. The summed E-state index contributed by atoms with van der Waals surface area (Å²) in [4.78, 5) is 0. The number of aliphatic hydroxyl groups excluding tert-OH is 6. The molecule has 6 N–H and O–H groups in total. The summed E-state index contributed by atoms with van der Waals surface area (Å²) < 4.78 is 32.8. The van der Waals surface area contributed by atoms with Gasteiger partial charge in [0.1, 0.15) is 36.6 Å². The van der Waals surface area contributed by atoms with E-state index in [9.17, 15) is 9.50 Å². The minimum atomic E-state index is -1.36. The van der Waals surface area contributed by atoms with E-state index < -0.39 is 42.8 Å². The van der Waals surface area contributed by atoms with E-state index in [2.05, 4.69) is 0 Å². The monoisotopic (exact) mass is 444 g/mol. The molecule has 30 heavy (non-hydrogen) atoms. The zero-order valence-electron chi connectivity index (χ0n) is 17.9. The lowest BCUT2D eigenvalue weighted by atomic mass is 10.1. The van der Waals surface area contributed by atoms with Crippen LogP contribution < -0.4 is 0 Å². The molecule has 0 bridgehead atoms. The van der Waals surface area contributed by atoms with Gasteiger partial charge in [0.25, 0.3) is 0 Å². The highest BCUT2D eigenvalue weighted by Gasteiger charge is 2.41. The third kappa shape index (κ3) is 7.30. The van der Waals surface area contributed by atoms with E-state index in [4.69, 9.17) is 44.5 Å². The molecular formula is C19H37FO10. The summed E-state index contributed by atoms with van der Waals surface area (Å²) in [6.07, 6.45) is -5.61. The molecule has 10 nitrogen and oxygen atoms in total. The van der Waals surface area contributed by atoms with Gasteiger partial charge in [-0.25, -0.2) is 4.39 Å². The van der Waals surface area contributed by atoms with Crippen LogP contribution in [0.2, 0.25) is 0 Å². The standard InChI is InChI=1S/C7H14O4.C6H11FO3.C6H12O3/c1-4-7(10-2)6(9)5(3-8)11-4;1-3-5(7)6(9)4(2-8)10-3;1-4-2-5(8)6(3-7)9-4/h4-9H,3H2,1-2H3;3-6,8-9H,2H2,1H3;4-8H,2-3H2,1H3/t4-,5+,6?,7+;3-,4+,5+,6?;4-,5?,6+/m000/s1. The van der Waals surface area contributed by atoms with Gasteiger partial charge < -0.3 is 49.6 Å². The zero-order chi connectivity index (χ0) is 23.0. The number of alkyl halides is 1. The molecule has 0 aromatic heterocycles. The Balaban J connectivity index is 0.000000226. The van der Waals surface area contributed by atoms with Gasteiger partial charge in [0.15, 0.2) is 6.17 Å². The third-order valence-electron chi connectivity index (χ3n) is 5.34. The SMILES string of the molecule is CO[C@H]1C(O)[C@@H](CO)O[C@H]1C.C[C@@H]1O[C@H](CO)C(O)[C@@H]1F.C[C@H]1CC(O)[C@@H](CO)O1. The van der Waals surface area contributed by atoms with Gasteiger partial charge in [0, 0.05) is 13.5 Å². The number of hydrogen-bond donors (Lipinski definition) is 6. The summed E-state index contributed by atoms with van der Waals surface area (Å²) in [5, 5.41) is 53.3.